The molecule has 0 unspecified atom stereocenters. The fourth-order valence-electron chi connectivity index (χ4n) is 2.13. The van der Waals surface area contributed by atoms with E-state index in [9.17, 15) is 0 Å². The highest BCUT2D eigenvalue weighted by atomic mass is 16.5. The van der Waals surface area contributed by atoms with E-state index in [2.05, 4.69) is 67.9 Å². The van der Waals surface area contributed by atoms with Crippen molar-refractivity contribution in [3.63, 3.8) is 0 Å². The summed E-state index contributed by atoms with van der Waals surface area (Å²) in [6, 6.07) is 9.90. The van der Waals surface area contributed by atoms with Crippen molar-refractivity contribution in [1.82, 2.24) is 10.1 Å². The molecule has 0 amide bonds. The fraction of sp³-hybridized carbons (Fsp3) is 0.381. The molecule has 4 heteroatoms. The van der Waals surface area contributed by atoms with Crippen LogP contribution in [0.3, 0.4) is 0 Å². The van der Waals surface area contributed by atoms with E-state index in [4.69, 9.17) is 9.26 Å². The number of likely N-dealkylation sites (N-methyl/N-ethyl adjacent to an activating group) is 1. The summed E-state index contributed by atoms with van der Waals surface area (Å²) in [5, 5.41) is 3.67. The predicted octanol–water partition coefficient (Wildman–Crippen LogP) is 4.29. The Morgan fingerprint density at radius 2 is 2.12 bits per heavy atom. The van der Waals surface area contributed by atoms with Gasteiger partial charge in [0, 0.05) is 24.6 Å². The van der Waals surface area contributed by atoms with Gasteiger partial charge in [0.15, 0.2) is 5.76 Å². The second-order valence-electron chi connectivity index (χ2n) is 7.03. The zero-order chi connectivity index (χ0) is 18.1. The topological polar surface area (TPSA) is 38.5 Å². The molecule has 1 aromatic carbocycles. The van der Waals surface area contributed by atoms with Crippen LogP contribution in [0.25, 0.3) is 0 Å². The van der Waals surface area contributed by atoms with E-state index in [0.717, 1.165) is 18.8 Å². The van der Waals surface area contributed by atoms with E-state index in [1.165, 1.54) is 5.56 Å². The first-order valence-electron chi connectivity index (χ1n) is 8.40. The molecular weight excluding hydrogens is 312 g/mol. The van der Waals surface area contributed by atoms with Crippen LogP contribution in [0.15, 0.2) is 53.2 Å². The molecule has 132 valence electrons. The lowest BCUT2D eigenvalue weighted by Crippen LogP contribution is -2.17. The minimum Gasteiger partial charge on any atom is -0.486 e. The number of benzene rings is 1. The van der Waals surface area contributed by atoms with Gasteiger partial charge in [-0.25, -0.2) is 0 Å². The molecule has 0 aliphatic carbocycles. The molecule has 0 atom stereocenters. The van der Waals surface area contributed by atoms with E-state index in [0.29, 0.717) is 12.4 Å². The predicted molar refractivity (Wildman–Crippen MR) is 100.0 cm³/mol. The lowest BCUT2D eigenvalue weighted by molar-refractivity contribution is 0.249. The Kier molecular flexibility index (Phi) is 6.85. The number of ether oxygens (including phenoxy) is 1. The van der Waals surface area contributed by atoms with E-state index < -0.39 is 0 Å². The van der Waals surface area contributed by atoms with E-state index in [-0.39, 0.29) is 5.41 Å². The quantitative estimate of drug-likeness (QED) is 0.706. The molecule has 0 radical (unpaired) electrons. The molecule has 2 rings (SSSR count). The first-order valence-corrected chi connectivity index (χ1v) is 8.40. The molecule has 1 heterocycles. The van der Waals surface area contributed by atoms with Crippen molar-refractivity contribution in [3.05, 3.63) is 60.0 Å². The van der Waals surface area contributed by atoms with Crippen LogP contribution in [-0.2, 0) is 13.2 Å². The summed E-state index contributed by atoms with van der Waals surface area (Å²) in [5.41, 5.74) is 1.24. The van der Waals surface area contributed by atoms with Gasteiger partial charge in [0.1, 0.15) is 12.4 Å². The second kappa shape index (κ2) is 9.10. The molecule has 4 nitrogen and oxygen atoms in total. The number of aromatic nitrogens is 1. The zero-order valence-corrected chi connectivity index (χ0v) is 15.5. The lowest BCUT2D eigenvalue weighted by atomic mass is 9.98. The Labute approximate surface area is 150 Å². The van der Waals surface area contributed by atoms with Gasteiger partial charge in [0.2, 0.25) is 0 Å². The number of hydrogen-bond acceptors (Lipinski definition) is 4. The average molecular weight is 338 g/mol. The van der Waals surface area contributed by atoms with Gasteiger partial charge in [-0.15, -0.1) is 0 Å². The van der Waals surface area contributed by atoms with Crippen LogP contribution in [0, 0.1) is 17.3 Å². The molecule has 1 aromatic heterocycles. The summed E-state index contributed by atoms with van der Waals surface area (Å²) in [5.74, 6) is 7.83. The van der Waals surface area contributed by atoms with Crippen molar-refractivity contribution in [2.45, 2.75) is 33.9 Å². The Hall–Kier alpha value is -2.51. The summed E-state index contributed by atoms with van der Waals surface area (Å²) in [7, 11) is 2.09. The molecule has 0 aliphatic heterocycles. The highest BCUT2D eigenvalue weighted by Crippen LogP contribution is 2.16. The normalized spacial score (nSPS) is 11.6. The molecule has 0 spiro atoms. The number of allylic oxidation sites excluding steroid dienone is 1. The summed E-state index contributed by atoms with van der Waals surface area (Å²) in [6.45, 7) is 8.40. The summed E-state index contributed by atoms with van der Waals surface area (Å²) in [4.78, 5) is 2.23. The Bertz CT molecular complexity index is 731. The third-order valence-corrected chi connectivity index (χ3v) is 3.29. The molecule has 0 bridgehead atoms. The van der Waals surface area contributed by atoms with Crippen molar-refractivity contribution < 1.29 is 9.26 Å². The molecular formula is C21H26N2O2. The molecule has 0 aliphatic rings. The van der Waals surface area contributed by atoms with Crippen molar-refractivity contribution in [1.29, 1.82) is 0 Å². The van der Waals surface area contributed by atoms with Gasteiger partial charge >= 0.3 is 0 Å². The molecule has 0 fully saturated rings. The van der Waals surface area contributed by atoms with Crippen LogP contribution in [0.1, 0.15) is 32.1 Å². The van der Waals surface area contributed by atoms with E-state index in [1.807, 2.05) is 18.2 Å². The van der Waals surface area contributed by atoms with Gasteiger partial charge in [-0.05, 0) is 51.6 Å². The maximum absolute atomic E-state index is 5.73. The van der Waals surface area contributed by atoms with Gasteiger partial charge in [-0.2, -0.15) is 0 Å². The molecule has 0 saturated heterocycles. The molecule has 25 heavy (non-hydrogen) atoms. The van der Waals surface area contributed by atoms with E-state index >= 15 is 0 Å². The highest BCUT2D eigenvalue weighted by molar-refractivity contribution is 5.28. The Balaban J connectivity index is 1.81. The maximum atomic E-state index is 5.73. The third-order valence-electron chi connectivity index (χ3n) is 3.29. The lowest BCUT2D eigenvalue weighted by Gasteiger charge is -2.15. The largest absolute Gasteiger partial charge is 0.486 e. The summed E-state index contributed by atoms with van der Waals surface area (Å²) >= 11 is 0. The fourth-order valence-corrected chi connectivity index (χ4v) is 2.13. The number of nitrogens with zero attached hydrogens (tertiary/aromatic N) is 2. The summed E-state index contributed by atoms with van der Waals surface area (Å²) < 4.78 is 10.8. The number of hydrogen-bond donors (Lipinski definition) is 0. The van der Waals surface area contributed by atoms with E-state index in [1.54, 1.807) is 12.3 Å². The second-order valence-corrected chi connectivity index (χ2v) is 7.03. The van der Waals surface area contributed by atoms with Gasteiger partial charge in [0.05, 0.1) is 6.20 Å². The van der Waals surface area contributed by atoms with Gasteiger partial charge in [-0.3, -0.25) is 4.90 Å². The maximum Gasteiger partial charge on any atom is 0.174 e. The summed E-state index contributed by atoms with van der Waals surface area (Å²) in [6.07, 6.45) is 5.63. The molecule has 0 N–H and O–H groups in total. The number of rotatable bonds is 7. The van der Waals surface area contributed by atoms with Crippen molar-refractivity contribution in [3.8, 4) is 17.6 Å². The van der Waals surface area contributed by atoms with Crippen LogP contribution < -0.4 is 4.74 Å². The highest BCUT2D eigenvalue weighted by Gasteiger charge is 2.03. The molecule has 2 aromatic rings. The Morgan fingerprint density at radius 3 is 2.84 bits per heavy atom. The smallest absolute Gasteiger partial charge is 0.174 e. The molecule has 0 saturated carbocycles. The third kappa shape index (κ3) is 7.73. The van der Waals surface area contributed by atoms with Crippen LogP contribution >= 0.6 is 0 Å². The average Bonchev–Trinajstić information content (AvgIpc) is 3.05. The monoisotopic (exact) mass is 338 g/mol. The van der Waals surface area contributed by atoms with Gasteiger partial charge in [-0.1, -0.05) is 35.2 Å². The zero-order valence-electron chi connectivity index (χ0n) is 15.5. The van der Waals surface area contributed by atoms with Crippen molar-refractivity contribution in [2.24, 2.45) is 5.41 Å². The van der Waals surface area contributed by atoms with Crippen LogP contribution in [0.5, 0.6) is 5.75 Å². The Morgan fingerprint density at radius 1 is 1.28 bits per heavy atom. The SMILES string of the molecule is CN(CC=CC#CC(C)(C)C)Cc1cccc(OCc2ccno2)c1. The van der Waals surface area contributed by atoms with Crippen LogP contribution in [-0.4, -0.2) is 23.6 Å². The van der Waals surface area contributed by atoms with Crippen LogP contribution in [0.2, 0.25) is 0 Å². The van der Waals surface area contributed by atoms with Crippen molar-refractivity contribution >= 4 is 0 Å². The minimum atomic E-state index is 0.0440. The first-order chi connectivity index (χ1) is 11.9. The van der Waals surface area contributed by atoms with Gasteiger partial charge in [0.25, 0.3) is 0 Å². The van der Waals surface area contributed by atoms with Gasteiger partial charge < -0.3 is 9.26 Å². The van der Waals surface area contributed by atoms with Crippen molar-refractivity contribution in [2.75, 3.05) is 13.6 Å². The standard InChI is InChI=1S/C21H26N2O2/c1-21(2,3)12-6-5-7-14-23(4)16-18-9-8-10-19(15-18)24-17-20-11-13-22-25-20/h5,7-11,13,15H,14,16-17H2,1-4H3. The first kappa shape index (κ1) is 18.8. The van der Waals surface area contributed by atoms with Crippen LogP contribution in [0.4, 0.5) is 0 Å². The minimum absolute atomic E-state index is 0.0440.